The lowest BCUT2D eigenvalue weighted by molar-refractivity contribution is -0.230. The van der Waals surface area contributed by atoms with Crippen LogP contribution in [0.15, 0.2) is 40.3 Å². The van der Waals surface area contributed by atoms with Crippen LogP contribution in [0.3, 0.4) is 0 Å². The zero-order valence-corrected chi connectivity index (χ0v) is 16.6. The zero-order valence-electron chi connectivity index (χ0n) is 15.9. The lowest BCUT2D eigenvalue weighted by atomic mass is 10.1. The number of hydrogen-bond acceptors (Lipinski definition) is 6. The van der Waals surface area contributed by atoms with E-state index < -0.39 is 23.7 Å². The summed E-state index contributed by atoms with van der Waals surface area (Å²) >= 11 is 6.14. The lowest BCUT2D eigenvalue weighted by Gasteiger charge is -2.33. The number of benzene rings is 1. The molecule has 8 heteroatoms. The first-order valence-corrected chi connectivity index (χ1v) is 9.41. The van der Waals surface area contributed by atoms with Crippen LogP contribution in [0, 0.1) is 0 Å². The van der Waals surface area contributed by atoms with E-state index in [1.165, 1.54) is 30.3 Å². The number of esters is 2. The van der Waals surface area contributed by atoms with Crippen molar-refractivity contribution in [1.29, 1.82) is 0 Å². The maximum atomic E-state index is 12.3. The molecule has 0 spiro atoms. The van der Waals surface area contributed by atoms with Gasteiger partial charge in [0.25, 0.3) is 5.79 Å². The van der Waals surface area contributed by atoms with Gasteiger partial charge in [0.2, 0.25) is 0 Å². The Kier molecular flexibility index (Phi) is 5.79. The summed E-state index contributed by atoms with van der Waals surface area (Å²) in [5.41, 5.74) is 0.133. The van der Waals surface area contributed by atoms with Crippen LogP contribution < -0.4 is 0 Å². The average molecular weight is 419 g/mol. The summed E-state index contributed by atoms with van der Waals surface area (Å²) in [6.45, 7) is 3.53. The van der Waals surface area contributed by atoms with E-state index in [1.807, 2.05) is 6.92 Å². The summed E-state index contributed by atoms with van der Waals surface area (Å²) < 4.78 is 16.2. The molecule has 152 valence electrons. The van der Waals surface area contributed by atoms with E-state index in [-0.39, 0.29) is 22.7 Å². The Morgan fingerprint density at radius 1 is 1.17 bits per heavy atom. The minimum Gasteiger partial charge on any atom is -0.478 e. The molecular formula is C21H19ClO7. The molecule has 1 aromatic heterocycles. The molecule has 3 rings (SSSR count). The van der Waals surface area contributed by atoms with Crippen molar-refractivity contribution < 1.29 is 33.4 Å². The molecule has 1 aliphatic heterocycles. The van der Waals surface area contributed by atoms with Crippen LogP contribution in [-0.2, 0) is 19.1 Å². The van der Waals surface area contributed by atoms with E-state index in [0.717, 1.165) is 12.8 Å². The summed E-state index contributed by atoms with van der Waals surface area (Å²) in [6, 6.07) is 7.29. The third kappa shape index (κ3) is 4.51. The van der Waals surface area contributed by atoms with E-state index in [1.54, 1.807) is 13.0 Å². The van der Waals surface area contributed by atoms with Crippen molar-refractivity contribution in [2.45, 2.75) is 38.9 Å². The van der Waals surface area contributed by atoms with E-state index in [9.17, 15) is 14.4 Å². The first-order chi connectivity index (χ1) is 13.7. The van der Waals surface area contributed by atoms with Crippen LogP contribution in [0.2, 0.25) is 5.02 Å². The Labute approximate surface area is 171 Å². The van der Waals surface area contributed by atoms with Crippen molar-refractivity contribution in [3.63, 3.8) is 0 Å². The van der Waals surface area contributed by atoms with Gasteiger partial charge in [-0.25, -0.2) is 14.4 Å². The van der Waals surface area contributed by atoms with Gasteiger partial charge >= 0.3 is 17.9 Å². The molecule has 0 unspecified atom stereocenters. The number of unbranched alkanes of at least 4 members (excludes halogenated alkanes) is 1. The maximum Gasteiger partial charge on any atom is 0.348 e. The molecule has 2 aromatic rings. The number of carbonyl (C=O) groups is 3. The fraction of sp³-hybridized carbons (Fsp3) is 0.286. The van der Waals surface area contributed by atoms with Crippen LogP contribution in [0.4, 0.5) is 0 Å². The fourth-order valence-corrected chi connectivity index (χ4v) is 3.10. The smallest absolute Gasteiger partial charge is 0.348 e. The van der Waals surface area contributed by atoms with Gasteiger partial charge in [-0.2, -0.15) is 0 Å². The number of furan rings is 1. The normalized spacial score (nSPS) is 18.9. The summed E-state index contributed by atoms with van der Waals surface area (Å²) in [6.07, 6.45) is 3.25. The molecule has 0 saturated carbocycles. The highest BCUT2D eigenvalue weighted by molar-refractivity contribution is 6.33. The largest absolute Gasteiger partial charge is 0.478 e. The molecule has 1 fully saturated rings. The molecule has 1 aromatic carbocycles. The predicted molar refractivity (Wildman–Crippen MR) is 104 cm³/mol. The lowest BCUT2D eigenvalue weighted by Crippen LogP contribution is -2.44. The molecular weight excluding hydrogens is 400 g/mol. The van der Waals surface area contributed by atoms with Crippen LogP contribution in [0.25, 0.3) is 17.4 Å². The molecule has 0 radical (unpaired) electrons. The Balaban J connectivity index is 1.86. The zero-order chi connectivity index (χ0) is 21.2. The Bertz CT molecular complexity index is 982. The number of carboxylic acid groups (broad SMARTS) is 1. The molecule has 29 heavy (non-hydrogen) atoms. The number of halogens is 1. The van der Waals surface area contributed by atoms with E-state index in [2.05, 4.69) is 0 Å². The van der Waals surface area contributed by atoms with Crippen molar-refractivity contribution in [3.8, 4) is 11.3 Å². The summed E-state index contributed by atoms with van der Waals surface area (Å²) in [5, 5.41) is 9.44. The van der Waals surface area contributed by atoms with Crippen molar-refractivity contribution >= 4 is 35.6 Å². The van der Waals surface area contributed by atoms with Gasteiger partial charge in [0, 0.05) is 25.0 Å². The number of rotatable bonds is 6. The quantitative estimate of drug-likeness (QED) is 0.412. The molecule has 2 heterocycles. The average Bonchev–Trinajstić information content (AvgIpc) is 3.12. The minimum absolute atomic E-state index is 0.0477. The van der Waals surface area contributed by atoms with Crippen LogP contribution >= 0.6 is 11.6 Å². The first kappa shape index (κ1) is 20.7. The molecule has 1 N–H and O–H groups in total. The second-order valence-corrected chi connectivity index (χ2v) is 7.18. The minimum atomic E-state index is -1.28. The summed E-state index contributed by atoms with van der Waals surface area (Å²) in [4.78, 5) is 35.8. The molecule has 1 saturated heterocycles. The van der Waals surface area contributed by atoms with E-state index >= 15 is 0 Å². The first-order valence-electron chi connectivity index (χ1n) is 9.04. The predicted octanol–water partition coefficient (Wildman–Crippen LogP) is 4.69. The van der Waals surface area contributed by atoms with Crippen LogP contribution in [-0.4, -0.2) is 28.8 Å². The highest BCUT2D eigenvalue weighted by Crippen LogP contribution is 2.33. The maximum absolute atomic E-state index is 12.3. The monoisotopic (exact) mass is 418 g/mol. The highest BCUT2D eigenvalue weighted by atomic mass is 35.5. The van der Waals surface area contributed by atoms with Crippen molar-refractivity contribution in [1.82, 2.24) is 0 Å². The SMILES string of the molecule is CCCCC1(C)OC(=O)C(=Cc2ccc(-c3cc(C(=O)O)ccc3Cl)o2)C(=O)O1. The number of cyclic esters (lactones) is 2. The van der Waals surface area contributed by atoms with Gasteiger partial charge in [0.05, 0.1) is 10.6 Å². The molecule has 0 aliphatic carbocycles. The van der Waals surface area contributed by atoms with Gasteiger partial charge < -0.3 is 19.0 Å². The molecule has 0 amide bonds. The van der Waals surface area contributed by atoms with Gasteiger partial charge in [-0.05, 0) is 36.8 Å². The Morgan fingerprint density at radius 3 is 2.48 bits per heavy atom. The topological polar surface area (TPSA) is 103 Å². The van der Waals surface area contributed by atoms with Gasteiger partial charge in [0.1, 0.15) is 17.1 Å². The summed E-state index contributed by atoms with van der Waals surface area (Å²) in [7, 11) is 0. The number of carbonyl (C=O) groups excluding carboxylic acids is 2. The molecule has 1 aliphatic rings. The number of aromatic carboxylic acids is 1. The Hall–Kier alpha value is -3.06. The van der Waals surface area contributed by atoms with Crippen LogP contribution in [0.5, 0.6) is 0 Å². The Morgan fingerprint density at radius 2 is 1.86 bits per heavy atom. The number of carboxylic acids is 1. The van der Waals surface area contributed by atoms with Gasteiger partial charge in [-0.15, -0.1) is 0 Å². The van der Waals surface area contributed by atoms with E-state index in [0.29, 0.717) is 17.0 Å². The van der Waals surface area contributed by atoms with E-state index in [4.69, 9.17) is 30.6 Å². The van der Waals surface area contributed by atoms with Gasteiger partial charge in [-0.3, -0.25) is 0 Å². The van der Waals surface area contributed by atoms with Crippen molar-refractivity contribution in [3.05, 3.63) is 52.3 Å². The van der Waals surface area contributed by atoms with Crippen molar-refractivity contribution in [2.75, 3.05) is 0 Å². The second kappa shape index (κ2) is 8.13. The van der Waals surface area contributed by atoms with Crippen LogP contribution in [0.1, 0.15) is 49.2 Å². The fourth-order valence-electron chi connectivity index (χ4n) is 2.89. The van der Waals surface area contributed by atoms with Gasteiger partial charge in [0.15, 0.2) is 0 Å². The third-order valence-electron chi connectivity index (χ3n) is 4.43. The molecule has 7 nitrogen and oxygen atoms in total. The third-order valence-corrected chi connectivity index (χ3v) is 4.76. The standard InChI is InChI=1S/C21H19ClO7/c1-3-4-9-21(2)28-19(25)15(20(26)29-21)11-13-6-8-17(27-13)14-10-12(18(23)24)5-7-16(14)22/h5-8,10-11H,3-4,9H2,1-2H3,(H,23,24). The highest BCUT2D eigenvalue weighted by Gasteiger charge is 2.42. The summed E-state index contributed by atoms with van der Waals surface area (Å²) in [5.74, 6) is -3.48. The molecule has 0 atom stereocenters. The van der Waals surface area contributed by atoms with Crippen molar-refractivity contribution in [2.24, 2.45) is 0 Å². The molecule has 0 bridgehead atoms. The second-order valence-electron chi connectivity index (χ2n) is 6.78. The number of hydrogen-bond donors (Lipinski definition) is 1. The van der Waals surface area contributed by atoms with Gasteiger partial charge in [-0.1, -0.05) is 24.9 Å². The number of ether oxygens (including phenoxy) is 2.